The van der Waals surface area contributed by atoms with Gasteiger partial charge in [0.1, 0.15) is 34.7 Å². The lowest BCUT2D eigenvalue weighted by atomic mass is 10.2. The van der Waals surface area contributed by atoms with Gasteiger partial charge >= 0.3 is 0 Å². The van der Waals surface area contributed by atoms with E-state index in [2.05, 4.69) is 30.9 Å². The second-order valence-corrected chi connectivity index (χ2v) is 12.4. The van der Waals surface area contributed by atoms with Crippen molar-refractivity contribution < 1.29 is 29.5 Å². The Labute approximate surface area is 326 Å². The zero-order valence-corrected chi connectivity index (χ0v) is 32.0. The molecule has 13 heteroatoms. The third-order valence-corrected chi connectivity index (χ3v) is 7.67. The standard InChI is InChI=1S/C15H18N2O2.C14H16N2O2.C13H13ClN2O2/c1-11(2)19-15-9-5-8-14(17-15)16-10-12-6-3-4-7-13(12)18;1-2-18-14-9-5-8-13(16-14)15-10-11-6-3-4-7-12(11)17;1-18-13-4-2-3-12(16-13)15-8-9-5-6-10(14)7-11(9)17/h3-9,11,18H,10H2,1-2H3,(H,16,17);3-9,17H,2,10H2,1H3,(H,15,16);2-7,17H,8H2,1H3,(H,15,16). The Balaban J connectivity index is 0.000000184. The number of rotatable bonds is 14. The van der Waals surface area contributed by atoms with Gasteiger partial charge in [-0.1, -0.05) is 72.3 Å². The molecule has 55 heavy (non-hydrogen) atoms. The van der Waals surface area contributed by atoms with E-state index in [0.717, 1.165) is 28.3 Å². The number of benzene rings is 3. The molecule has 0 spiro atoms. The van der Waals surface area contributed by atoms with E-state index >= 15 is 0 Å². The van der Waals surface area contributed by atoms with Crippen LogP contribution in [0, 0.1) is 0 Å². The summed E-state index contributed by atoms with van der Waals surface area (Å²) >= 11 is 5.76. The average molecular weight is 767 g/mol. The predicted molar refractivity (Wildman–Crippen MR) is 218 cm³/mol. The van der Waals surface area contributed by atoms with Crippen LogP contribution in [0.25, 0.3) is 0 Å². The van der Waals surface area contributed by atoms with E-state index in [1.54, 1.807) is 49.6 Å². The van der Waals surface area contributed by atoms with Crippen molar-refractivity contribution in [3.63, 3.8) is 0 Å². The minimum atomic E-state index is 0.0981. The van der Waals surface area contributed by atoms with Crippen LogP contribution in [0.5, 0.6) is 34.9 Å². The Kier molecular flexibility index (Phi) is 16.5. The van der Waals surface area contributed by atoms with E-state index in [9.17, 15) is 15.3 Å². The number of hydrogen-bond acceptors (Lipinski definition) is 12. The van der Waals surface area contributed by atoms with Crippen molar-refractivity contribution in [2.75, 3.05) is 29.7 Å². The number of hydrogen-bond donors (Lipinski definition) is 6. The summed E-state index contributed by atoms with van der Waals surface area (Å²) in [6.07, 6.45) is 0.0981. The van der Waals surface area contributed by atoms with Crippen molar-refractivity contribution in [2.24, 2.45) is 0 Å². The van der Waals surface area contributed by atoms with Gasteiger partial charge in [0.25, 0.3) is 0 Å². The molecule has 3 aromatic carbocycles. The molecule has 0 aliphatic carbocycles. The first-order valence-electron chi connectivity index (χ1n) is 17.6. The average Bonchev–Trinajstić information content (AvgIpc) is 3.18. The van der Waals surface area contributed by atoms with Gasteiger partial charge in [0.2, 0.25) is 17.6 Å². The summed E-state index contributed by atoms with van der Waals surface area (Å²) in [5, 5.41) is 38.9. The Hall–Kier alpha value is -6.40. The van der Waals surface area contributed by atoms with Crippen LogP contribution in [0.2, 0.25) is 5.02 Å². The molecule has 0 saturated heterocycles. The molecule has 0 unspecified atom stereocenters. The van der Waals surface area contributed by atoms with Crippen LogP contribution in [0.1, 0.15) is 37.5 Å². The van der Waals surface area contributed by atoms with Gasteiger partial charge in [-0.3, -0.25) is 0 Å². The molecule has 0 amide bonds. The first-order valence-corrected chi connectivity index (χ1v) is 18.0. The number of aromatic nitrogens is 3. The Bertz CT molecular complexity index is 2070. The van der Waals surface area contributed by atoms with Crippen LogP contribution < -0.4 is 30.2 Å². The van der Waals surface area contributed by atoms with Crippen molar-refractivity contribution in [3.05, 3.63) is 143 Å². The molecule has 0 fully saturated rings. The number of nitrogens with zero attached hydrogens (tertiary/aromatic N) is 3. The fraction of sp³-hybridized carbons (Fsp3) is 0.214. The lowest BCUT2D eigenvalue weighted by Gasteiger charge is -2.11. The SMILES string of the molecule is CC(C)Oc1cccc(NCc2ccccc2O)n1.CCOc1cccc(NCc2ccccc2O)n1.COc1cccc(NCc2ccc(Cl)cc2O)n1. The number of methoxy groups -OCH3 is 1. The van der Waals surface area contributed by atoms with Gasteiger partial charge in [-0.25, -0.2) is 0 Å². The molecule has 0 atom stereocenters. The normalized spacial score (nSPS) is 10.2. The molecule has 12 nitrogen and oxygen atoms in total. The Morgan fingerprint density at radius 2 is 1.02 bits per heavy atom. The van der Waals surface area contributed by atoms with Crippen LogP contribution in [-0.4, -0.2) is 50.1 Å². The number of anilines is 3. The van der Waals surface area contributed by atoms with E-state index in [1.807, 2.05) is 93.6 Å². The van der Waals surface area contributed by atoms with Gasteiger partial charge in [0.05, 0.1) is 19.8 Å². The molecule has 0 bridgehead atoms. The highest BCUT2D eigenvalue weighted by atomic mass is 35.5. The van der Waals surface area contributed by atoms with Gasteiger partial charge < -0.3 is 45.5 Å². The number of phenolic OH excluding ortho intramolecular Hbond substituents is 3. The van der Waals surface area contributed by atoms with Gasteiger partial charge in [-0.2, -0.15) is 15.0 Å². The highest BCUT2D eigenvalue weighted by Gasteiger charge is 2.05. The van der Waals surface area contributed by atoms with Crippen LogP contribution >= 0.6 is 11.6 Å². The molecule has 6 N–H and O–H groups in total. The molecular weight excluding hydrogens is 720 g/mol. The third kappa shape index (κ3) is 14.5. The van der Waals surface area contributed by atoms with E-state index < -0.39 is 0 Å². The molecule has 0 saturated carbocycles. The van der Waals surface area contributed by atoms with Gasteiger partial charge in [0, 0.05) is 59.5 Å². The smallest absolute Gasteiger partial charge is 0.215 e. The number of pyridine rings is 3. The Morgan fingerprint density at radius 1 is 0.564 bits per heavy atom. The molecule has 6 rings (SSSR count). The number of aromatic hydroxyl groups is 3. The maximum Gasteiger partial charge on any atom is 0.215 e. The highest BCUT2D eigenvalue weighted by molar-refractivity contribution is 6.30. The number of halogens is 1. The van der Waals surface area contributed by atoms with Crippen LogP contribution in [-0.2, 0) is 19.6 Å². The molecule has 288 valence electrons. The van der Waals surface area contributed by atoms with Crippen molar-refractivity contribution in [1.29, 1.82) is 0 Å². The summed E-state index contributed by atoms with van der Waals surface area (Å²) in [5.41, 5.74) is 2.42. The molecule has 3 heterocycles. The lowest BCUT2D eigenvalue weighted by Crippen LogP contribution is -2.08. The summed E-state index contributed by atoms with van der Waals surface area (Å²) < 4.78 is 15.9. The summed E-state index contributed by atoms with van der Waals surface area (Å²) in [5.74, 6) is 4.60. The van der Waals surface area contributed by atoms with Gasteiger partial charge in [-0.05, 0) is 63.2 Å². The molecule has 3 aromatic heterocycles. The molecule has 0 aliphatic heterocycles. The molecular formula is C42H47ClN6O6. The van der Waals surface area contributed by atoms with Crippen molar-refractivity contribution >= 4 is 29.1 Å². The summed E-state index contributed by atoms with van der Waals surface area (Å²) in [4.78, 5) is 12.8. The number of phenols is 3. The van der Waals surface area contributed by atoms with E-state index in [1.165, 1.54) is 6.07 Å². The molecule has 6 aromatic rings. The Morgan fingerprint density at radius 3 is 1.49 bits per heavy atom. The minimum absolute atomic E-state index is 0.0981. The summed E-state index contributed by atoms with van der Waals surface area (Å²) in [6, 6.07) is 36.0. The number of nitrogens with one attached hydrogen (secondary N) is 3. The largest absolute Gasteiger partial charge is 0.508 e. The van der Waals surface area contributed by atoms with Crippen LogP contribution in [0.15, 0.2) is 121 Å². The van der Waals surface area contributed by atoms with Crippen molar-refractivity contribution in [2.45, 2.75) is 46.5 Å². The number of para-hydroxylation sites is 2. The fourth-order valence-corrected chi connectivity index (χ4v) is 4.92. The molecule has 0 radical (unpaired) electrons. The minimum Gasteiger partial charge on any atom is -0.508 e. The zero-order chi connectivity index (χ0) is 39.4. The van der Waals surface area contributed by atoms with Crippen LogP contribution in [0.3, 0.4) is 0 Å². The second-order valence-electron chi connectivity index (χ2n) is 12.0. The first kappa shape index (κ1) is 41.4. The fourth-order valence-electron chi connectivity index (χ4n) is 4.75. The highest BCUT2D eigenvalue weighted by Crippen LogP contribution is 2.23. The summed E-state index contributed by atoms with van der Waals surface area (Å²) in [6.45, 7) is 7.94. The maximum absolute atomic E-state index is 9.70. The van der Waals surface area contributed by atoms with Crippen LogP contribution in [0.4, 0.5) is 17.5 Å². The quantitative estimate of drug-likeness (QED) is 0.0625. The first-order chi connectivity index (χ1) is 26.6. The van der Waals surface area contributed by atoms with Crippen molar-refractivity contribution in [1.82, 2.24) is 15.0 Å². The van der Waals surface area contributed by atoms with E-state index in [0.29, 0.717) is 54.7 Å². The molecule has 0 aliphatic rings. The monoisotopic (exact) mass is 766 g/mol. The van der Waals surface area contributed by atoms with Gasteiger partial charge in [0.15, 0.2) is 0 Å². The maximum atomic E-state index is 9.70. The van der Waals surface area contributed by atoms with E-state index in [-0.39, 0.29) is 23.4 Å². The predicted octanol–water partition coefficient (Wildman–Crippen LogP) is 9.05. The number of ether oxygens (including phenoxy) is 3. The zero-order valence-electron chi connectivity index (χ0n) is 31.2. The topological polar surface area (TPSA) is 163 Å². The second kappa shape index (κ2) is 22.0. The van der Waals surface area contributed by atoms with E-state index in [4.69, 9.17) is 25.8 Å². The van der Waals surface area contributed by atoms with Crippen molar-refractivity contribution in [3.8, 4) is 34.9 Å². The summed E-state index contributed by atoms with van der Waals surface area (Å²) in [7, 11) is 1.57. The van der Waals surface area contributed by atoms with Gasteiger partial charge in [-0.15, -0.1) is 0 Å². The third-order valence-electron chi connectivity index (χ3n) is 7.44. The lowest BCUT2D eigenvalue weighted by molar-refractivity contribution is 0.233.